The van der Waals surface area contributed by atoms with Gasteiger partial charge in [-0.25, -0.2) is 4.39 Å². The molecule has 8 nitrogen and oxygen atoms in total. The molecule has 0 fully saturated rings. The summed E-state index contributed by atoms with van der Waals surface area (Å²) in [4.78, 5) is 12.5. The summed E-state index contributed by atoms with van der Waals surface area (Å²) in [6.07, 6.45) is 0. The molecule has 0 unspecified atom stereocenters. The predicted octanol–water partition coefficient (Wildman–Crippen LogP) is 3.61. The number of hydrogen-bond donors (Lipinski definition) is 1. The van der Waals surface area contributed by atoms with E-state index < -0.39 is 0 Å². The molecular weight excluding hydrogens is 425 g/mol. The van der Waals surface area contributed by atoms with Crippen LogP contribution >= 0.6 is 23.1 Å². The molecule has 0 bridgehead atoms. The largest absolute Gasteiger partial charge is 0.328 e. The van der Waals surface area contributed by atoms with Crippen molar-refractivity contribution in [3.05, 3.63) is 70.5 Å². The van der Waals surface area contributed by atoms with E-state index in [0.717, 1.165) is 5.52 Å². The summed E-state index contributed by atoms with van der Waals surface area (Å²) in [5.74, 6) is 1.31. The number of aromatic nitrogens is 6. The van der Waals surface area contributed by atoms with Crippen LogP contribution in [0.15, 0.2) is 57.7 Å². The van der Waals surface area contributed by atoms with Gasteiger partial charge in [0.25, 0.3) is 5.56 Å². The lowest BCUT2D eigenvalue weighted by molar-refractivity contribution is 0.632. The highest BCUT2D eigenvalue weighted by atomic mass is 32.2. The van der Waals surface area contributed by atoms with Crippen LogP contribution in [-0.2, 0) is 12.8 Å². The molecule has 11 heteroatoms. The highest BCUT2D eigenvalue weighted by Gasteiger charge is 2.15. The Kier molecular flexibility index (Phi) is 4.68. The number of rotatable bonds is 5. The first-order valence-corrected chi connectivity index (χ1v) is 10.7. The van der Waals surface area contributed by atoms with Gasteiger partial charge in [-0.3, -0.25) is 13.8 Å². The van der Waals surface area contributed by atoms with Crippen molar-refractivity contribution in [1.82, 2.24) is 29.4 Å². The molecule has 0 spiro atoms. The van der Waals surface area contributed by atoms with Crippen LogP contribution in [-0.4, -0.2) is 29.4 Å². The molecule has 150 valence electrons. The lowest BCUT2D eigenvalue weighted by Gasteiger charge is -2.07. The maximum atomic E-state index is 13.8. The Morgan fingerprint density at radius 3 is 2.73 bits per heavy atom. The molecule has 1 N–H and O–H groups in total. The molecule has 0 amide bonds. The summed E-state index contributed by atoms with van der Waals surface area (Å²) in [7, 11) is 1.68. The van der Waals surface area contributed by atoms with Crippen molar-refractivity contribution in [2.24, 2.45) is 7.05 Å². The zero-order valence-electron chi connectivity index (χ0n) is 15.6. The van der Waals surface area contributed by atoms with Gasteiger partial charge in [-0.2, -0.15) is 0 Å². The van der Waals surface area contributed by atoms with Crippen molar-refractivity contribution < 1.29 is 4.39 Å². The Bertz CT molecular complexity index is 1440. The molecule has 3 heterocycles. The maximum absolute atomic E-state index is 13.8. The molecule has 5 rings (SSSR count). The molecule has 0 aliphatic rings. The highest BCUT2D eigenvalue weighted by Crippen LogP contribution is 2.30. The summed E-state index contributed by atoms with van der Waals surface area (Å²) in [5.41, 5.74) is 0.995. The first kappa shape index (κ1) is 18.7. The average Bonchev–Trinajstić information content (AvgIpc) is 3.39. The molecule has 0 saturated heterocycles. The van der Waals surface area contributed by atoms with Crippen LogP contribution in [0.2, 0.25) is 0 Å². The van der Waals surface area contributed by atoms with Crippen molar-refractivity contribution in [3.8, 4) is 0 Å². The van der Waals surface area contributed by atoms with E-state index in [4.69, 9.17) is 0 Å². The van der Waals surface area contributed by atoms with Crippen molar-refractivity contribution in [1.29, 1.82) is 0 Å². The molecule has 0 radical (unpaired) electrons. The molecule has 2 aromatic carbocycles. The standard InChI is InChI=1S/C19H14FN7OS2/c1-26-16(28)11-6-2-5-9-14(11)27-15(22-24-18(26)27)10-29-19-25-23-17(30-19)21-13-8-4-3-7-12(13)20/h2-9H,10H2,1H3,(H,21,23). The summed E-state index contributed by atoms with van der Waals surface area (Å²) in [5, 5.41) is 20.7. The lowest BCUT2D eigenvalue weighted by Crippen LogP contribution is -2.20. The third kappa shape index (κ3) is 3.21. The number of halogens is 1. The molecule has 0 saturated carbocycles. The van der Waals surface area contributed by atoms with Gasteiger partial charge < -0.3 is 5.32 Å². The van der Waals surface area contributed by atoms with E-state index in [1.54, 1.807) is 31.3 Å². The summed E-state index contributed by atoms with van der Waals surface area (Å²) < 4.78 is 17.9. The smallest absolute Gasteiger partial charge is 0.262 e. The normalized spacial score (nSPS) is 11.4. The number of aryl methyl sites for hydroxylation is 1. The second-order valence-corrected chi connectivity index (χ2v) is 8.60. The third-order valence-corrected chi connectivity index (χ3v) is 6.51. The van der Waals surface area contributed by atoms with Crippen molar-refractivity contribution in [2.75, 3.05) is 5.32 Å². The SMILES string of the molecule is Cn1c(=O)c2ccccc2n2c(CSc3nnc(Nc4ccccc4F)s3)nnc12. The predicted molar refractivity (Wildman–Crippen MR) is 115 cm³/mol. The van der Waals surface area contributed by atoms with Crippen molar-refractivity contribution >= 4 is 50.6 Å². The van der Waals surface area contributed by atoms with E-state index in [1.165, 1.54) is 33.7 Å². The highest BCUT2D eigenvalue weighted by molar-refractivity contribution is 8.00. The van der Waals surface area contributed by atoms with E-state index in [9.17, 15) is 9.18 Å². The van der Waals surface area contributed by atoms with Gasteiger partial charge in [-0.1, -0.05) is 47.4 Å². The topological polar surface area (TPSA) is 90.0 Å². The Morgan fingerprint density at radius 1 is 1.07 bits per heavy atom. The summed E-state index contributed by atoms with van der Waals surface area (Å²) in [6.45, 7) is 0. The fraction of sp³-hybridized carbons (Fsp3) is 0.105. The minimum Gasteiger partial charge on any atom is -0.328 e. The number of benzene rings is 2. The molecular formula is C19H14FN7OS2. The van der Waals surface area contributed by atoms with E-state index in [2.05, 4.69) is 25.7 Å². The van der Waals surface area contributed by atoms with Crippen LogP contribution in [0.25, 0.3) is 16.7 Å². The molecule has 30 heavy (non-hydrogen) atoms. The fourth-order valence-corrected chi connectivity index (χ4v) is 4.79. The zero-order chi connectivity index (χ0) is 20.7. The van der Waals surface area contributed by atoms with Crippen LogP contribution in [0.5, 0.6) is 0 Å². The van der Waals surface area contributed by atoms with Crippen LogP contribution in [0.3, 0.4) is 0 Å². The Hall–Kier alpha value is -3.31. The van der Waals surface area contributed by atoms with E-state index in [-0.39, 0.29) is 11.4 Å². The summed E-state index contributed by atoms with van der Waals surface area (Å²) >= 11 is 2.77. The Labute approximate surface area is 177 Å². The van der Waals surface area contributed by atoms with E-state index >= 15 is 0 Å². The second-order valence-electron chi connectivity index (χ2n) is 6.40. The Morgan fingerprint density at radius 2 is 1.87 bits per heavy atom. The number of hydrogen-bond acceptors (Lipinski definition) is 8. The second kappa shape index (κ2) is 7.50. The fourth-order valence-electron chi connectivity index (χ4n) is 3.11. The van der Waals surface area contributed by atoms with Gasteiger partial charge in [-0.15, -0.1) is 20.4 Å². The van der Waals surface area contributed by atoms with Gasteiger partial charge in [0, 0.05) is 7.05 Å². The number of anilines is 2. The van der Waals surface area contributed by atoms with Gasteiger partial charge >= 0.3 is 0 Å². The summed E-state index contributed by atoms with van der Waals surface area (Å²) in [6, 6.07) is 13.8. The van der Waals surface area contributed by atoms with Crippen molar-refractivity contribution in [2.45, 2.75) is 10.1 Å². The van der Waals surface area contributed by atoms with Gasteiger partial charge in [0.2, 0.25) is 10.9 Å². The van der Waals surface area contributed by atoms with Gasteiger partial charge in [0.15, 0.2) is 4.34 Å². The quantitative estimate of drug-likeness (QED) is 0.419. The van der Waals surface area contributed by atoms with E-state index in [0.29, 0.717) is 37.9 Å². The average molecular weight is 440 g/mol. The number of nitrogens with zero attached hydrogens (tertiary/aromatic N) is 6. The number of fused-ring (bicyclic) bond motifs is 3. The van der Waals surface area contributed by atoms with Crippen LogP contribution in [0.4, 0.5) is 15.2 Å². The van der Waals surface area contributed by atoms with E-state index in [1.807, 2.05) is 22.6 Å². The maximum Gasteiger partial charge on any atom is 0.262 e. The Balaban J connectivity index is 1.42. The first-order chi connectivity index (χ1) is 14.6. The molecule has 0 aliphatic carbocycles. The van der Waals surface area contributed by atoms with Gasteiger partial charge in [-0.05, 0) is 24.3 Å². The number of thioether (sulfide) groups is 1. The molecule has 5 aromatic rings. The molecule has 3 aromatic heterocycles. The zero-order valence-corrected chi connectivity index (χ0v) is 17.2. The van der Waals surface area contributed by atoms with Gasteiger partial charge in [0.1, 0.15) is 11.6 Å². The molecule has 0 atom stereocenters. The number of nitrogens with one attached hydrogen (secondary N) is 1. The monoisotopic (exact) mass is 439 g/mol. The lowest BCUT2D eigenvalue weighted by atomic mass is 10.2. The van der Waals surface area contributed by atoms with Crippen molar-refractivity contribution in [3.63, 3.8) is 0 Å². The molecule has 0 aliphatic heterocycles. The van der Waals surface area contributed by atoms with Crippen LogP contribution in [0, 0.1) is 5.82 Å². The van der Waals surface area contributed by atoms with Crippen LogP contribution < -0.4 is 10.9 Å². The first-order valence-electron chi connectivity index (χ1n) is 8.91. The minimum atomic E-state index is -0.352. The van der Waals surface area contributed by atoms with Gasteiger partial charge in [0.05, 0.1) is 22.3 Å². The minimum absolute atomic E-state index is 0.113. The number of para-hydroxylation sites is 2. The van der Waals surface area contributed by atoms with Crippen LogP contribution in [0.1, 0.15) is 5.82 Å². The third-order valence-electron chi connectivity index (χ3n) is 4.54.